The van der Waals surface area contributed by atoms with Crippen LogP contribution in [0.1, 0.15) is 24.8 Å². The van der Waals surface area contributed by atoms with Gasteiger partial charge in [0, 0.05) is 12.2 Å². The van der Waals surface area contributed by atoms with Gasteiger partial charge in [-0.1, -0.05) is 30.7 Å². The Morgan fingerprint density at radius 1 is 1.14 bits per heavy atom. The minimum Gasteiger partial charge on any atom is -0.324 e. The van der Waals surface area contributed by atoms with E-state index in [-0.39, 0.29) is 10.8 Å². The van der Waals surface area contributed by atoms with Crippen LogP contribution in [0.4, 0.5) is 5.69 Å². The molecule has 1 atom stereocenters. The van der Waals surface area contributed by atoms with Gasteiger partial charge in [-0.05, 0) is 43.5 Å². The van der Waals surface area contributed by atoms with Gasteiger partial charge in [0.15, 0.2) is 0 Å². The second-order valence-electron chi connectivity index (χ2n) is 6.82. The number of nitrogens with one attached hydrogen (secondary N) is 1. The first-order valence-corrected chi connectivity index (χ1v) is 11.2. The maximum atomic E-state index is 13.4. The Morgan fingerprint density at radius 2 is 1.96 bits per heavy atom. The van der Waals surface area contributed by atoms with E-state index < -0.39 is 16.1 Å². The fraction of sp³-hybridized carbons (Fsp3) is 0.316. The van der Waals surface area contributed by atoms with Crippen molar-refractivity contribution in [3.05, 3.63) is 48.0 Å². The van der Waals surface area contributed by atoms with Crippen molar-refractivity contribution in [2.75, 3.05) is 11.9 Å². The van der Waals surface area contributed by atoms with Crippen molar-refractivity contribution in [3.63, 3.8) is 0 Å². The molecule has 9 heteroatoms. The lowest BCUT2D eigenvalue weighted by atomic mass is 10.0. The van der Waals surface area contributed by atoms with Crippen LogP contribution in [0.25, 0.3) is 11.0 Å². The lowest BCUT2D eigenvalue weighted by molar-refractivity contribution is -0.120. The van der Waals surface area contributed by atoms with Gasteiger partial charge in [0.05, 0.1) is 11.7 Å². The second-order valence-corrected chi connectivity index (χ2v) is 9.21. The molecule has 2 heterocycles. The van der Waals surface area contributed by atoms with E-state index in [4.69, 9.17) is 0 Å². The topological polar surface area (TPSA) is 92.3 Å². The van der Waals surface area contributed by atoms with Gasteiger partial charge < -0.3 is 5.32 Å². The molecule has 4 rings (SSSR count). The van der Waals surface area contributed by atoms with Crippen LogP contribution in [-0.4, -0.2) is 40.0 Å². The van der Waals surface area contributed by atoms with Gasteiger partial charge in [-0.2, -0.15) is 13.1 Å². The Balaban J connectivity index is 1.67. The summed E-state index contributed by atoms with van der Waals surface area (Å²) in [5.74, 6) is -0.304. The van der Waals surface area contributed by atoms with E-state index >= 15 is 0 Å². The smallest absolute Gasteiger partial charge is 0.246 e. The van der Waals surface area contributed by atoms with Crippen LogP contribution in [0.5, 0.6) is 0 Å². The first kappa shape index (κ1) is 19.0. The monoisotopic (exact) mass is 416 g/mol. The Hall–Kier alpha value is -2.36. The standard InChI is InChI=1S/C19H20N4O3S2/c1-13-7-2-3-8-14(13)20-19(24)16-10-4-5-12-23(16)28(25,26)17-11-6-9-15-18(17)22-27-21-15/h2-3,6-9,11,16H,4-5,10,12H2,1H3,(H,20,24)/t16-/m0/s1. The number of aryl methyl sites for hydroxylation is 1. The van der Waals surface area contributed by atoms with Crippen LogP contribution in [-0.2, 0) is 14.8 Å². The number of para-hydroxylation sites is 1. The molecular weight excluding hydrogens is 396 g/mol. The van der Waals surface area contributed by atoms with Gasteiger partial charge in [-0.3, -0.25) is 4.79 Å². The normalized spacial score (nSPS) is 18.2. The Morgan fingerprint density at radius 3 is 2.79 bits per heavy atom. The highest BCUT2D eigenvalue weighted by molar-refractivity contribution is 7.89. The molecule has 2 aromatic carbocycles. The van der Waals surface area contributed by atoms with Crippen LogP contribution in [0.2, 0.25) is 0 Å². The van der Waals surface area contributed by atoms with E-state index in [9.17, 15) is 13.2 Å². The predicted molar refractivity (Wildman–Crippen MR) is 109 cm³/mol. The molecule has 1 N–H and O–H groups in total. The summed E-state index contributed by atoms with van der Waals surface area (Å²) in [4.78, 5) is 13.1. The van der Waals surface area contributed by atoms with E-state index in [1.807, 2.05) is 31.2 Å². The molecule has 0 saturated carbocycles. The fourth-order valence-electron chi connectivity index (χ4n) is 3.50. The summed E-state index contributed by atoms with van der Waals surface area (Å²) in [5, 5.41) is 2.89. The third kappa shape index (κ3) is 3.41. The SMILES string of the molecule is Cc1ccccc1NC(=O)[C@@H]1CCCCN1S(=O)(=O)c1cccc2nsnc12. The molecule has 0 bridgehead atoms. The van der Waals surface area contributed by atoms with Crippen LogP contribution in [0.15, 0.2) is 47.4 Å². The van der Waals surface area contributed by atoms with E-state index in [0.717, 1.165) is 30.1 Å². The predicted octanol–water partition coefficient (Wildman–Crippen LogP) is 3.18. The van der Waals surface area contributed by atoms with Crippen molar-refractivity contribution in [2.24, 2.45) is 0 Å². The number of fused-ring (bicyclic) bond motifs is 1. The highest BCUT2D eigenvalue weighted by atomic mass is 32.2. The third-order valence-electron chi connectivity index (χ3n) is 4.99. The number of rotatable bonds is 4. The average molecular weight is 417 g/mol. The number of carbonyl (C=O) groups is 1. The zero-order valence-corrected chi connectivity index (χ0v) is 17.0. The molecule has 146 valence electrons. The molecule has 1 aliphatic heterocycles. The number of sulfonamides is 1. The highest BCUT2D eigenvalue weighted by Crippen LogP contribution is 2.30. The molecule has 0 spiro atoms. The lowest BCUT2D eigenvalue weighted by Gasteiger charge is -2.33. The number of aromatic nitrogens is 2. The molecule has 7 nitrogen and oxygen atoms in total. The number of amides is 1. The van der Waals surface area contributed by atoms with E-state index in [2.05, 4.69) is 14.1 Å². The summed E-state index contributed by atoms with van der Waals surface area (Å²) < 4.78 is 36.4. The van der Waals surface area contributed by atoms with Gasteiger partial charge in [-0.25, -0.2) is 8.42 Å². The zero-order valence-electron chi connectivity index (χ0n) is 15.3. The Bertz CT molecular complexity index is 1130. The van der Waals surface area contributed by atoms with Crippen LogP contribution >= 0.6 is 11.7 Å². The van der Waals surface area contributed by atoms with Crippen molar-refractivity contribution in [1.29, 1.82) is 0 Å². The number of nitrogens with zero attached hydrogens (tertiary/aromatic N) is 3. The van der Waals surface area contributed by atoms with Crippen molar-refractivity contribution in [2.45, 2.75) is 37.1 Å². The van der Waals surface area contributed by atoms with Crippen LogP contribution in [0, 0.1) is 6.92 Å². The van der Waals surface area contributed by atoms with Gasteiger partial charge in [0.2, 0.25) is 15.9 Å². The van der Waals surface area contributed by atoms with E-state index in [1.54, 1.807) is 12.1 Å². The van der Waals surface area contributed by atoms with Gasteiger partial charge in [-0.15, -0.1) is 0 Å². The number of benzene rings is 2. The molecule has 3 aromatic rings. The third-order valence-corrected chi connectivity index (χ3v) is 7.48. The fourth-order valence-corrected chi connectivity index (χ4v) is 5.91. The maximum absolute atomic E-state index is 13.4. The van der Waals surface area contributed by atoms with Crippen molar-refractivity contribution in [3.8, 4) is 0 Å². The summed E-state index contributed by atoms with van der Waals surface area (Å²) in [6.07, 6.45) is 2.02. The molecule has 1 saturated heterocycles. The first-order valence-electron chi connectivity index (χ1n) is 9.08. The molecule has 1 fully saturated rings. The van der Waals surface area contributed by atoms with Gasteiger partial charge >= 0.3 is 0 Å². The quantitative estimate of drug-likeness (QED) is 0.705. The Labute approximate surface area is 167 Å². The largest absolute Gasteiger partial charge is 0.324 e. The number of piperidine rings is 1. The summed E-state index contributed by atoms with van der Waals surface area (Å²) in [6, 6.07) is 11.6. The average Bonchev–Trinajstić information content (AvgIpc) is 3.18. The highest BCUT2D eigenvalue weighted by Gasteiger charge is 2.38. The molecule has 1 amide bonds. The van der Waals surface area contributed by atoms with Gasteiger partial charge in [0.25, 0.3) is 0 Å². The summed E-state index contributed by atoms with van der Waals surface area (Å²) in [7, 11) is -3.88. The van der Waals surface area contributed by atoms with E-state index in [0.29, 0.717) is 29.7 Å². The zero-order chi connectivity index (χ0) is 19.7. The van der Waals surface area contributed by atoms with Gasteiger partial charge in [0.1, 0.15) is 22.0 Å². The molecular formula is C19H20N4O3S2. The number of anilines is 1. The lowest BCUT2D eigenvalue weighted by Crippen LogP contribution is -2.49. The molecule has 28 heavy (non-hydrogen) atoms. The number of carbonyl (C=O) groups excluding carboxylic acids is 1. The molecule has 0 unspecified atom stereocenters. The van der Waals surface area contributed by atoms with Crippen LogP contribution in [0.3, 0.4) is 0 Å². The van der Waals surface area contributed by atoms with E-state index in [1.165, 1.54) is 10.4 Å². The minimum atomic E-state index is -3.88. The Kier molecular flexibility index (Phi) is 5.13. The minimum absolute atomic E-state index is 0.106. The number of hydrogen-bond acceptors (Lipinski definition) is 6. The summed E-state index contributed by atoms with van der Waals surface area (Å²) in [6.45, 7) is 2.21. The molecule has 0 radical (unpaired) electrons. The first-order chi connectivity index (χ1) is 13.5. The maximum Gasteiger partial charge on any atom is 0.246 e. The molecule has 1 aromatic heterocycles. The molecule has 0 aliphatic carbocycles. The van der Waals surface area contributed by atoms with Crippen molar-refractivity contribution < 1.29 is 13.2 Å². The summed E-state index contributed by atoms with van der Waals surface area (Å²) in [5.41, 5.74) is 2.53. The number of hydrogen-bond donors (Lipinski definition) is 1. The summed E-state index contributed by atoms with van der Waals surface area (Å²) >= 11 is 0.978. The van der Waals surface area contributed by atoms with Crippen molar-refractivity contribution >= 4 is 44.4 Å². The van der Waals surface area contributed by atoms with Crippen LogP contribution < -0.4 is 5.32 Å². The molecule has 1 aliphatic rings. The second kappa shape index (κ2) is 7.57. The van der Waals surface area contributed by atoms with Crippen molar-refractivity contribution in [1.82, 2.24) is 13.1 Å².